The molecule has 0 rings (SSSR count). The summed E-state index contributed by atoms with van der Waals surface area (Å²) < 4.78 is 0. The maximum absolute atomic E-state index is 7.18. The van der Waals surface area contributed by atoms with Crippen LogP contribution in [0.1, 0.15) is 0 Å². The first-order chi connectivity index (χ1) is 1.41. The molecule has 0 aromatic heterocycles. The van der Waals surface area contributed by atoms with E-state index in [0.717, 1.165) is 0 Å². The summed E-state index contributed by atoms with van der Waals surface area (Å²) in [6, 6.07) is 0. The van der Waals surface area contributed by atoms with Crippen molar-refractivity contribution < 1.29 is 73.8 Å². The van der Waals surface area contributed by atoms with Crippen molar-refractivity contribution in [3.05, 3.63) is 0 Å². The van der Waals surface area contributed by atoms with E-state index in [2.05, 4.69) is 12.6 Å². The summed E-state index contributed by atoms with van der Waals surface area (Å²) in [5.74, 6) is 0. The first-order valence-electron chi connectivity index (χ1n) is 0.447. The molecular formula is CHAuKNS+2. The van der Waals surface area contributed by atoms with Gasteiger partial charge in [0.2, 0.25) is 0 Å². The van der Waals surface area contributed by atoms with Crippen molar-refractivity contribution >= 4 is 12.6 Å². The van der Waals surface area contributed by atoms with Gasteiger partial charge < -0.3 is 0 Å². The normalized spacial score (nSPS) is 1.60. The van der Waals surface area contributed by atoms with E-state index in [1.807, 2.05) is 0 Å². The Morgan fingerprint density at radius 3 is 1.60 bits per heavy atom. The van der Waals surface area contributed by atoms with E-state index < -0.39 is 0 Å². The van der Waals surface area contributed by atoms with Crippen LogP contribution in [0.4, 0.5) is 0 Å². The van der Waals surface area contributed by atoms with Gasteiger partial charge in [-0.05, 0) is 0 Å². The Labute approximate surface area is 94.8 Å². The Kier molecular flexibility index (Phi) is 51.3. The molecule has 0 aliphatic heterocycles. The monoisotopic (exact) mass is 295 g/mol. The summed E-state index contributed by atoms with van der Waals surface area (Å²) in [6.45, 7) is 0. The van der Waals surface area contributed by atoms with E-state index in [1.54, 1.807) is 0 Å². The Hall–Kier alpha value is 2.22. The number of thiocyanates is 1. The molecule has 0 saturated heterocycles. The fraction of sp³-hybridized carbons (Fsp3) is 0. The van der Waals surface area contributed by atoms with Gasteiger partial charge in [0.25, 0.3) is 0 Å². The molecule has 0 aliphatic carbocycles. The Morgan fingerprint density at radius 2 is 1.60 bits per heavy atom. The van der Waals surface area contributed by atoms with Crippen LogP contribution in [0.25, 0.3) is 0 Å². The average molecular weight is 295 g/mol. The molecule has 0 atom stereocenters. The molecule has 1 nitrogen and oxygen atoms in total. The van der Waals surface area contributed by atoms with Crippen molar-refractivity contribution in [3.8, 4) is 5.40 Å². The van der Waals surface area contributed by atoms with Crippen molar-refractivity contribution in [1.82, 2.24) is 0 Å². The zero-order chi connectivity index (χ0) is 2.71. The smallest absolute Gasteiger partial charge is 0.185 e. The molecule has 0 N–H and O–H groups in total. The minimum atomic E-state index is 0. The summed E-state index contributed by atoms with van der Waals surface area (Å²) in [5, 5.41) is 8.63. The van der Waals surface area contributed by atoms with Crippen molar-refractivity contribution in [2.75, 3.05) is 0 Å². The van der Waals surface area contributed by atoms with Gasteiger partial charge in [-0.3, -0.25) is 0 Å². The molecule has 4 heteroatoms. The number of thiol groups is 1. The minimum absolute atomic E-state index is 0. The predicted octanol–water partition coefficient (Wildman–Crippen LogP) is -2.60. The van der Waals surface area contributed by atoms with E-state index >= 15 is 0 Å². The molecule has 0 aromatic rings. The van der Waals surface area contributed by atoms with E-state index in [-0.39, 0.29) is 73.8 Å². The third kappa shape index (κ3) is 22.5. The van der Waals surface area contributed by atoms with Gasteiger partial charge in [0.1, 0.15) is 5.40 Å². The average Bonchev–Trinajstić information content (AvgIpc) is 0.918. The van der Waals surface area contributed by atoms with Gasteiger partial charge in [0.05, 0.1) is 0 Å². The molecule has 5 heavy (non-hydrogen) atoms. The molecule has 26 valence electrons. The second kappa shape index (κ2) is 16.4. The zero-order valence-electron chi connectivity index (χ0n) is 2.70. The fourth-order valence-corrected chi connectivity index (χ4v) is 0. The third-order valence-electron chi connectivity index (χ3n) is 0. The molecule has 0 fully saturated rings. The summed E-state index contributed by atoms with van der Waals surface area (Å²) in [4.78, 5) is 0. The summed E-state index contributed by atoms with van der Waals surface area (Å²) in [5.41, 5.74) is 0. The standard InChI is InChI=1S/CHNS.Au.K/c2-1-3;;/h3H;;/q;2*+1. The first-order valence-corrected chi connectivity index (χ1v) is 0.894. The van der Waals surface area contributed by atoms with Gasteiger partial charge in [-0.2, -0.15) is 5.26 Å². The van der Waals surface area contributed by atoms with Crippen LogP contribution in [0.15, 0.2) is 0 Å². The number of hydrogen-bond acceptors (Lipinski definition) is 2. The topological polar surface area (TPSA) is 23.8 Å². The van der Waals surface area contributed by atoms with Gasteiger partial charge in [-0.1, -0.05) is 12.6 Å². The van der Waals surface area contributed by atoms with Crippen molar-refractivity contribution in [2.45, 2.75) is 0 Å². The van der Waals surface area contributed by atoms with Gasteiger partial charge in [-0.25, -0.2) is 0 Å². The maximum atomic E-state index is 7.18. The molecular weight excluding hydrogens is 294 g/mol. The SMILES string of the molecule is N#CS.[Au+].[K+]. The van der Waals surface area contributed by atoms with Crippen LogP contribution in [-0.4, -0.2) is 0 Å². The second-order valence-electron chi connectivity index (χ2n) is 0.100. The molecule has 0 unspecified atom stereocenters. The minimum Gasteiger partial charge on any atom is -0.185 e. The van der Waals surface area contributed by atoms with Crippen LogP contribution < -0.4 is 51.4 Å². The largest absolute Gasteiger partial charge is 1.00 e. The van der Waals surface area contributed by atoms with Crippen LogP contribution in [0.3, 0.4) is 0 Å². The van der Waals surface area contributed by atoms with Crippen LogP contribution in [0.5, 0.6) is 0 Å². The van der Waals surface area contributed by atoms with E-state index in [1.165, 1.54) is 5.40 Å². The Morgan fingerprint density at radius 1 is 1.60 bits per heavy atom. The molecule has 0 bridgehead atoms. The molecule has 0 aliphatic rings. The summed E-state index contributed by atoms with van der Waals surface area (Å²) in [6.07, 6.45) is 0. The van der Waals surface area contributed by atoms with Crippen LogP contribution in [-0.2, 0) is 22.4 Å². The van der Waals surface area contributed by atoms with Crippen molar-refractivity contribution in [2.24, 2.45) is 0 Å². The number of nitriles is 1. The molecule has 0 saturated carbocycles. The number of rotatable bonds is 0. The maximum Gasteiger partial charge on any atom is 1.00 e. The van der Waals surface area contributed by atoms with Crippen molar-refractivity contribution in [3.63, 3.8) is 0 Å². The summed E-state index contributed by atoms with van der Waals surface area (Å²) >= 11 is 3.09. The Balaban J connectivity index is -0.0000000200. The van der Waals surface area contributed by atoms with Crippen molar-refractivity contribution in [1.29, 1.82) is 5.26 Å². The van der Waals surface area contributed by atoms with Crippen LogP contribution >= 0.6 is 12.6 Å². The van der Waals surface area contributed by atoms with Gasteiger partial charge in [0, 0.05) is 0 Å². The molecule has 0 aromatic carbocycles. The molecule has 0 heterocycles. The van der Waals surface area contributed by atoms with Crippen LogP contribution in [0, 0.1) is 10.7 Å². The second-order valence-corrected chi connectivity index (χ2v) is 0.300. The predicted molar refractivity (Wildman–Crippen MR) is 14.6 cm³/mol. The van der Waals surface area contributed by atoms with Gasteiger partial charge in [-0.15, -0.1) is 0 Å². The molecule has 0 radical (unpaired) electrons. The summed E-state index contributed by atoms with van der Waals surface area (Å²) in [7, 11) is 0. The van der Waals surface area contributed by atoms with Gasteiger partial charge >= 0.3 is 73.8 Å². The Bertz CT molecular complexity index is 33.1. The number of hydrogen-bond donors (Lipinski definition) is 1. The molecule has 0 spiro atoms. The quantitative estimate of drug-likeness (QED) is 0.296. The first kappa shape index (κ1) is 15.7. The molecule has 0 amide bonds. The fourth-order valence-electron chi connectivity index (χ4n) is 0. The number of nitrogens with zero attached hydrogens (tertiary/aromatic N) is 1. The van der Waals surface area contributed by atoms with Gasteiger partial charge in [0.15, 0.2) is 0 Å². The third-order valence-corrected chi connectivity index (χ3v) is 0. The van der Waals surface area contributed by atoms with Crippen LogP contribution in [0.2, 0.25) is 0 Å². The zero-order valence-corrected chi connectivity index (χ0v) is 8.88. The van der Waals surface area contributed by atoms with E-state index in [4.69, 9.17) is 5.26 Å². The van der Waals surface area contributed by atoms with E-state index in [9.17, 15) is 0 Å². The van der Waals surface area contributed by atoms with E-state index in [0.29, 0.717) is 0 Å².